The van der Waals surface area contributed by atoms with Crippen LogP contribution in [0.5, 0.6) is 0 Å². The summed E-state index contributed by atoms with van der Waals surface area (Å²) in [7, 11) is 0. The van der Waals surface area contributed by atoms with E-state index in [1.807, 2.05) is 18.2 Å². The molecule has 1 N–H and O–H groups in total. The van der Waals surface area contributed by atoms with E-state index in [-0.39, 0.29) is 23.9 Å². The summed E-state index contributed by atoms with van der Waals surface area (Å²) in [5.41, 5.74) is 0.992. The third-order valence-electron chi connectivity index (χ3n) is 3.59. The zero-order chi connectivity index (χ0) is 13.2. The van der Waals surface area contributed by atoms with Gasteiger partial charge in [-0.3, -0.25) is 19.5 Å². The van der Waals surface area contributed by atoms with E-state index in [1.54, 1.807) is 6.20 Å². The van der Waals surface area contributed by atoms with Crippen molar-refractivity contribution < 1.29 is 9.59 Å². The average Bonchev–Trinajstić information content (AvgIpc) is 3.19. The van der Waals surface area contributed by atoms with E-state index in [9.17, 15) is 9.59 Å². The van der Waals surface area contributed by atoms with Crippen molar-refractivity contribution in [3.63, 3.8) is 0 Å². The van der Waals surface area contributed by atoms with Crippen molar-refractivity contribution >= 4 is 11.8 Å². The number of aromatic nitrogens is 1. The minimum absolute atomic E-state index is 0.0252. The Morgan fingerprint density at radius 2 is 2.16 bits per heavy atom. The Hall–Kier alpha value is -1.75. The minimum atomic E-state index is -0.336. The maximum absolute atomic E-state index is 12.1. The molecule has 0 spiro atoms. The Morgan fingerprint density at radius 1 is 1.32 bits per heavy atom. The number of nitrogens with zero attached hydrogens (tertiary/aromatic N) is 2. The van der Waals surface area contributed by atoms with Crippen molar-refractivity contribution in [2.45, 2.75) is 37.8 Å². The van der Waals surface area contributed by atoms with Gasteiger partial charge in [-0.25, -0.2) is 0 Å². The van der Waals surface area contributed by atoms with Crippen molar-refractivity contribution in [1.82, 2.24) is 15.2 Å². The molecule has 1 saturated heterocycles. The molecule has 2 aliphatic rings. The summed E-state index contributed by atoms with van der Waals surface area (Å²) in [6, 6.07) is 5.63. The topological polar surface area (TPSA) is 62.3 Å². The lowest BCUT2D eigenvalue weighted by Gasteiger charge is -2.14. The number of imide groups is 1. The molecule has 2 amide bonds. The van der Waals surface area contributed by atoms with Crippen LogP contribution in [-0.2, 0) is 16.0 Å². The van der Waals surface area contributed by atoms with Crippen LogP contribution >= 0.6 is 0 Å². The molecular formula is C14H17N3O2. The SMILES string of the molecule is O=C1CC(NCCc2ccccn2)C(=O)N1C1CC1. The van der Waals surface area contributed by atoms with E-state index in [2.05, 4.69) is 10.3 Å². The zero-order valence-corrected chi connectivity index (χ0v) is 10.7. The zero-order valence-electron chi connectivity index (χ0n) is 10.7. The first kappa shape index (κ1) is 12.3. The van der Waals surface area contributed by atoms with Crippen LogP contribution in [0.3, 0.4) is 0 Å². The Balaban J connectivity index is 1.51. The molecule has 0 bridgehead atoms. The van der Waals surface area contributed by atoms with Crippen molar-refractivity contribution in [2.24, 2.45) is 0 Å². The van der Waals surface area contributed by atoms with Gasteiger partial charge in [0.15, 0.2) is 0 Å². The summed E-state index contributed by atoms with van der Waals surface area (Å²) >= 11 is 0. The van der Waals surface area contributed by atoms with Crippen LogP contribution in [0.25, 0.3) is 0 Å². The van der Waals surface area contributed by atoms with Crippen LogP contribution in [0, 0.1) is 0 Å². The number of hydrogen-bond donors (Lipinski definition) is 1. The van der Waals surface area contributed by atoms with Crippen LogP contribution in [0.1, 0.15) is 25.0 Å². The fourth-order valence-corrected chi connectivity index (χ4v) is 2.45. The first-order chi connectivity index (χ1) is 9.25. The molecular weight excluding hydrogens is 242 g/mol. The largest absolute Gasteiger partial charge is 0.305 e. The lowest BCUT2D eigenvalue weighted by molar-refractivity contribution is -0.139. The van der Waals surface area contributed by atoms with Gasteiger partial charge < -0.3 is 5.32 Å². The number of hydrogen-bond acceptors (Lipinski definition) is 4. The monoisotopic (exact) mass is 259 g/mol. The molecule has 0 aromatic carbocycles. The van der Waals surface area contributed by atoms with Gasteiger partial charge in [-0.05, 0) is 25.0 Å². The lowest BCUT2D eigenvalue weighted by atomic mass is 10.2. The predicted octanol–water partition coefficient (Wildman–Crippen LogP) is 0.504. The van der Waals surface area contributed by atoms with Crippen molar-refractivity contribution in [3.8, 4) is 0 Å². The molecule has 1 aromatic heterocycles. The highest BCUT2D eigenvalue weighted by Crippen LogP contribution is 2.31. The standard InChI is InChI=1S/C14H17N3O2/c18-13-9-12(14(19)17(13)11-4-5-11)16-8-6-10-3-1-2-7-15-10/h1-3,7,11-12,16H,4-6,8-9H2. The molecule has 5 heteroatoms. The van der Waals surface area contributed by atoms with E-state index in [0.717, 1.165) is 25.0 Å². The summed E-state index contributed by atoms with van der Waals surface area (Å²) in [6.07, 6.45) is 4.77. The first-order valence-electron chi connectivity index (χ1n) is 6.75. The maximum Gasteiger partial charge on any atom is 0.247 e. The molecule has 100 valence electrons. The third kappa shape index (κ3) is 2.66. The van der Waals surface area contributed by atoms with Gasteiger partial charge in [0.2, 0.25) is 11.8 Å². The van der Waals surface area contributed by atoms with Gasteiger partial charge in [0.25, 0.3) is 0 Å². The van der Waals surface area contributed by atoms with Crippen LogP contribution in [0.2, 0.25) is 0 Å². The second kappa shape index (κ2) is 5.09. The summed E-state index contributed by atoms with van der Waals surface area (Å²) in [4.78, 5) is 29.5. The van der Waals surface area contributed by atoms with Crippen molar-refractivity contribution in [2.75, 3.05) is 6.54 Å². The second-order valence-electron chi connectivity index (χ2n) is 5.12. The molecule has 1 aliphatic heterocycles. The molecule has 5 nitrogen and oxygen atoms in total. The van der Waals surface area contributed by atoms with Gasteiger partial charge in [0, 0.05) is 30.9 Å². The molecule has 2 heterocycles. The van der Waals surface area contributed by atoms with E-state index < -0.39 is 0 Å². The molecule has 1 aliphatic carbocycles. The van der Waals surface area contributed by atoms with E-state index in [4.69, 9.17) is 0 Å². The van der Waals surface area contributed by atoms with Gasteiger partial charge in [0.05, 0.1) is 12.5 Å². The quantitative estimate of drug-likeness (QED) is 0.782. The summed E-state index contributed by atoms with van der Waals surface area (Å²) in [6.45, 7) is 0.666. The average molecular weight is 259 g/mol. The third-order valence-corrected chi connectivity index (χ3v) is 3.59. The Morgan fingerprint density at radius 3 is 2.84 bits per heavy atom. The molecule has 2 fully saturated rings. The predicted molar refractivity (Wildman–Crippen MR) is 69.2 cm³/mol. The van der Waals surface area contributed by atoms with E-state index in [0.29, 0.717) is 13.0 Å². The minimum Gasteiger partial charge on any atom is -0.305 e. The number of pyridine rings is 1. The van der Waals surface area contributed by atoms with Gasteiger partial charge in [-0.2, -0.15) is 0 Å². The number of amides is 2. The highest BCUT2D eigenvalue weighted by atomic mass is 16.2. The van der Waals surface area contributed by atoms with Crippen LogP contribution in [-0.4, -0.2) is 40.3 Å². The molecule has 1 unspecified atom stereocenters. The van der Waals surface area contributed by atoms with Gasteiger partial charge >= 0.3 is 0 Å². The normalized spacial score (nSPS) is 23.2. The molecule has 19 heavy (non-hydrogen) atoms. The molecule has 1 atom stereocenters. The van der Waals surface area contributed by atoms with Gasteiger partial charge in [0.1, 0.15) is 0 Å². The second-order valence-corrected chi connectivity index (χ2v) is 5.12. The Labute approximate surface area is 112 Å². The lowest BCUT2D eigenvalue weighted by Crippen LogP contribution is -2.40. The van der Waals surface area contributed by atoms with Crippen LogP contribution < -0.4 is 5.32 Å². The summed E-state index contributed by atoms with van der Waals surface area (Å²) in [5.74, 6) is -0.0728. The maximum atomic E-state index is 12.1. The summed E-state index contributed by atoms with van der Waals surface area (Å²) < 4.78 is 0. The van der Waals surface area contributed by atoms with Crippen LogP contribution in [0.4, 0.5) is 0 Å². The molecule has 1 saturated carbocycles. The number of carbonyl (C=O) groups excluding carboxylic acids is 2. The molecule has 3 rings (SSSR count). The first-order valence-corrected chi connectivity index (χ1v) is 6.75. The Kier molecular flexibility index (Phi) is 3.29. The molecule has 0 radical (unpaired) electrons. The summed E-state index contributed by atoms with van der Waals surface area (Å²) in [5, 5.41) is 3.17. The number of carbonyl (C=O) groups is 2. The fourth-order valence-electron chi connectivity index (χ4n) is 2.45. The van der Waals surface area contributed by atoms with Crippen molar-refractivity contribution in [1.29, 1.82) is 0 Å². The van der Waals surface area contributed by atoms with Gasteiger partial charge in [-0.15, -0.1) is 0 Å². The number of nitrogens with one attached hydrogen (secondary N) is 1. The van der Waals surface area contributed by atoms with Crippen molar-refractivity contribution in [3.05, 3.63) is 30.1 Å². The number of likely N-dealkylation sites (tertiary alicyclic amines) is 1. The smallest absolute Gasteiger partial charge is 0.247 e. The van der Waals surface area contributed by atoms with E-state index >= 15 is 0 Å². The number of rotatable bonds is 5. The van der Waals surface area contributed by atoms with Gasteiger partial charge in [-0.1, -0.05) is 6.07 Å². The fraction of sp³-hybridized carbons (Fsp3) is 0.500. The highest BCUT2D eigenvalue weighted by molar-refractivity contribution is 6.06. The van der Waals surface area contributed by atoms with E-state index in [1.165, 1.54) is 4.90 Å². The Bertz CT molecular complexity index is 485. The molecule has 1 aromatic rings. The highest BCUT2D eigenvalue weighted by Gasteiger charge is 2.45. The van der Waals surface area contributed by atoms with Crippen LogP contribution in [0.15, 0.2) is 24.4 Å².